The maximum atomic E-state index is 11.3. The fourth-order valence-corrected chi connectivity index (χ4v) is 1.84. The molecule has 0 saturated heterocycles. The monoisotopic (exact) mass is 229 g/mol. The summed E-state index contributed by atoms with van der Waals surface area (Å²) in [4.78, 5) is 22.1. The molecule has 1 aromatic rings. The van der Waals surface area contributed by atoms with Gasteiger partial charge in [0.05, 0.1) is 13.0 Å². The summed E-state index contributed by atoms with van der Waals surface area (Å²) in [5, 5.41) is 12.5. The summed E-state index contributed by atoms with van der Waals surface area (Å²) >= 11 is 1.39. The molecule has 0 aliphatic rings. The first-order valence-corrected chi connectivity index (χ1v) is 5.35. The lowest BCUT2D eigenvalue weighted by molar-refractivity contribution is -0.510. The summed E-state index contributed by atoms with van der Waals surface area (Å²) in [5.74, 6) is -0.768. The van der Waals surface area contributed by atoms with E-state index in [1.54, 1.807) is 19.1 Å². The summed E-state index contributed by atoms with van der Waals surface area (Å²) in [5.41, 5.74) is 0. The molecule has 1 atom stereocenters. The van der Waals surface area contributed by atoms with Gasteiger partial charge < -0.3 is 4.74 Å². The minimum Gasteiger partial charge on any atom is -0.461 e. The van der Waals surface area contributed by atoms with E-state index in [1.807, 2.05) is 5.38 Å². The van der Waals surface area contributed by atoms with E-state index in [4.69, 9.17) is 0 Å². The van der Waals surface area contributed by atoms with Gasteiger partial charge in [-0.15, -0.1) is 11.3 Å². The highest BCUT2D eigenvalue weighted by atomic mass is 32.1. The standard InChI is InChI=1S/C9H11NO4S/c1-2-14-9(11)8(10(12)13)6-7-4-3-5-15-7/h3-5,8H,2,6H2,1H3. The number of ether oxygens (including phenoxy) is 1. The highest BCUT2D eigenvalue weighted by Crippen LogP contribution is 2.13. The Bertz CT molecular complexity index is 336. The van der Waals surface area contributed by atoms with Crippen molar-refractivity contribution in [3.63, 3.8) is 0 Å². The van der Waals surface area contributed by atoms with E-state index in [-0.39, 0.29) is 13.0 Å². The molecule has 82 valence electrons. The smallest absolute Gasteiger partial charge is 0.382 e. The molecule has 0 spiro atoms. The topological polar surface area (TPSA) is 69.4 Å². The Morgan fingerprint density at radius 2 is 2.47 bits per heavy atom. The molecule has 0 bridgehead atoms. The van der Waals surface area contributed by atoms with Gasteiger partial charge in [0.25, 0.3) is 0 Å². The Morgan fingerprint density at radius 1 is 1.73 bits per heavy atom. The number of hydrogen-bond acceptors (Lipinski definition) is 5. The summed E-state index contributed by atoms with van der Waals surface area (Å²) in [6, 6.07) is 2.27. The van der Waals surface area contributed by atoms with Crippen molar-refractivity contribution in [3.8, 4) is 0 Å². The van der Waals surface area contributed by atoms with E-state index in [0.717, 1.165) is 4.88 Å². The summed E-state index contributed by atoms with van der Waals surface area (Å²) in [6.07, 6.45) is 0.101. The minimum atomic E-state index is -1.29. The van der Waals surface area contributed by atoms with Crippen molar-refractivity contribution >= 4 is 17.3 Å². The van der Waals surface area contributed by atoms with Gasteiger partial charge in [-0.3, -0.25) is 10.1 Å². The summed E-state index contributed by atoms with van der Waals surface area (Å²) in [6.45, 7) is 1.79. The molecule has 0 amide bonds. The zero-order valence-electron chi connectivity index (χ0n) is 8.21. The van der Waals surface area contributed by atoms with Gasteiger partial charge in [-0.2, -0.15) is 0 Å². The van der Waals surface area contributed by atoms with Gasteiger partial charge in [0, 0.05) is 9.80 Å². The molecule has 0 aliphatic heterocycles. The van der Waals surface area contributed by atoms with Crippen LogP contribution in [0.25, 0.3) is 0 Å². The number of nitrogens with zero attached hydrogens (tertiary/aromatic N) is 1. The zero-order valence-corrected chi connectivity index (χ0v) is 9.03. The number of rotatable bonds is 5. The zero-order chi connectivity index (χ0) is 11.3. The molecule has 1 heterocycles. The van der Waals surface area contributed by atoms with Crippen molar-refractivity contribution in [2.24, 2.45) is 0 Å². The molecule has 6 heteroatoms. The number of thiophene rings is 1. The van der Waals surface area contributed by atoms with Crippen LogP contribution in [0.2, 0.25) is 0 Å². The molecule has 0 N–H and O–H groups in total. The molecular weight excluding hydrogens is 218 g/mol. The van der Waals surface area contributed by atoms with Crippen LogP contribution in [0.5, 0.6) is 0 Å². The van der Waals surface area contributed by atoms with Gasteiger partial charge in [0.15, 0.2) is 0 Å². The predicted octanol–water partition coefficient (Wildman–Crippen LogP) is 1.50. The molecule has 0 aromatic carbocycles. The molecule has 0 aliphatic carbocycles. The van der Waals surface area contributed by atoms with Crippen LogP contribution in [0.4, 0.5) is 0 Å². The van der Waals surface area contributed by atoms with Crippen molar-refractivity contribution in [1.29, 1.82) is 0 Å². The van der Waals surface area contributed by atoms with E-state index in [0.29, 0.717) is 0 Å². The maximum absolute atomic E-state index is 11.3. The van der Waals surface area contributed by atoms with Crippen molar-refractivity contribution < 1.29 is 14.5 Å². The van der Waals surface area contributed by atoms with Crippen LogP contribution >= 0.6 is 11.3 Å². The average Bonchev–Trinajstić information content (AvgIpc) is 2.66. The fraction of sp³-hybridized carbons (Fsp3) is 0.444. The predicted molar refractivity (Wildman–Crippen MR) is 55.4 cm³/mol. The third-order valence-corrected chi connectivity index (χ3v) is 2.69. The molecule has 1 rings (SSSR count). The van der Waals surface area contributed by atoms with Gasteiger partial charge >= 0.3 is 12.0 Å². The van der Waals surface area contributed by atoms with E-state index in [9.17, 15) is 14.9 Å². The average molecular weight is 229 g/mol. The Labute approximate surface area is 90.8 Å². The number of carbonyl (C=O) groups is 1. The second-order valence-electron chi connectivity index (χ2n) is 2.84. The maximum Gasteiger partial charge on any atom is 0.382 e. The molecule has 0 radical (unpaired) electrons. The SMILES string of the molecule is CCOC(=O)C(Cc1cccs1)[N+](=O)[O-]. The van der Waals surface area contributed by atoms with Crippen LogP contribution in [-0.2, 0) is 16.0 Å². The van der Waals surface area contributed by atoms with Gasteiger partial charge in [-0.1, -0.05) is 6.07 Å². The molecule has 0 fully saturated rings. The second kappa shape index (κ2) is 5.45. The van der Waals surface area contributed by atoms with Crippen LogP contribution in [0, 0.1) is 10.1 Å². The van der Waals surface area contributed by atoms with Crippen LogP contribution < -0.4 is 0 Å². The lowest BCUT2D eigenvalue weighted by atomic mass is 10.2. The van der Waals surface area contributed by atoms with Gasteiger partial charge in [0.1, 0.15) is 0 Å². The van der Waals surface area contributed by atoms with E-state index >= 15 is 0 Å². The van der Waals surface area contributed by atoms with E-state index in [2.05, 4.69) is 4.74 Å². The Morgan fingerprint density at radius 3 is 2.93 bits per heavy atom. The number of hydrogen-bond donors (Lipinski definition) is 0. The lowest BCUT2D eigenvalue weighted by Gasteiger charge is -2.06. The van der Waals surface area contributed by atoms with Crippen LogP contribution in [0.15, 0.2) is 17.5 Å². The normalized spacial score (nSPS) is 12.1. The number of carbonyl (C=O) groups excluding carboxylic acids is 1. The first-order valence-electron chi connectivity index (χ1n) is 4.47. The first-order chi connectivity index (χ1) is 7.15. The first kappa shape index (κ1) is 11.6. The van der Waals surface area contributed by atoms with Gasteiger partial charge in [-0.25, -0.2) is 4.79 Å². The number of esters is 1. The highest BCUT2D eigenvalue weighted by Gasteiger charge is 2.31. The fourth-order valence-electron chi connectivity index (χ4n) is 1.10. The third kappa shape index (κ3) is 3.32. The Balaban J connectivity index is 2.66. The van der Waals surface area contributed by atoms with Crippen LogP contribution in [-0.4, -0.2) is 23.5 Å². The molecular formula is C9H11NO4S. The van der Waals surface area contributed by atoms with E-state index in [1.165, 1.54) is 11.3 Å². The van der Waals surface area contributed by atoms with Gasteiger partial charge in [0.2, 0.25) is 0 Å². The van der Waals surface area contributed by atoms with Crippen molar-refractivity contribution in [2.75, 3.05) is 6.61 Å². The molecule has 5 nitrogen and oxygen atoms in total. The number of nitro groups is 1. The third-order valence-electron chi connectivity index (χ3n) is 1.79. The Hall–Kier alpha value is -1.43. The Kier molecular flexibility index (Phi) is 4.23. The highest BCUT2D eigenvalue weighted by molar-refractivity contribution is 7.09. The van der Waals surface area contributed by atoms with Gasteiger partial charge in [-0.05, 0) is 18.4 Å². The summed E-state index contributed by atoms with van der Waals surface area (Å²) < 4.78 is 4.64. The molecule has 1 unspecified atom stereocenters. The largest absolute Gasteiger partial charge is 0.461 e. The molecule has 1 aromatic heterocycles. The minimum absolute atomic E-state index is 0.101. The van der Waals surface area contributed by atoms with E-state index < -0.39 is 16.9 Å². The lowest BCUT2D eigenvalue weighted by Crippen LogP contribution is -2.33. The molecule has 15 heavy (non-hydrogen) atoms. The van der Waals surface area contributed by atoms with Crippen LogP contribution in [0.1, 0.15) is 11.8 Å². The summed E-state index contributed by atoms with van der Waals surface area (Å²) in [7, 11) is 0. The van der Waals surface area contributed by atoms with Crippen molar-refractivity contribution in [2.45, 2.75) is 19.4 Å². The second-order valence-corrected chi connectivity index (χ2v) is 3.87. The quantitative estimate of drug-likeness (QED) is 0.436. The van der Waals surface area contributed by atoms with Crippen molar-refractivity contribution in [3.05, 3.63) is 32.5 Å². The van der Waals surface area contributed by atoms with Crippen LogP contribution in [0.3, 0.4) is 0 Å². The molecule has 0 saturated carbocycles. The van der Waals surface area contributed by atoms with Crippen molar-refractivity contribution in [1.82, 2.24) is 0 Å².